The average molecular weight is 399 g/mol. The molecule has 3 rings (SSSR count). The summed E-state index contributed by atoms with van der Waals surface area (Å²) < 4.78 is 5.06. The zero-order valence-electron chi connectivity index (χ0n) is 15.9. The highest BCUT2D eigenvalue weighted by Gasteiger charge is 2.29. The van der Waals surface area contributed by atoms with Gasteiger partial charge in [0.2, 0.25) is 0 Å². The third-order valence-corrected chi connectivity index (χ3v) is 4.77. The molecule has 0 spiro atoms. The fourth-order valence-corrected chi connectivity index (χ4v) is 3.25. The van der Waals surface area contributed by atoms with Crippen molar-refractivity contribution in [1.82, 2.24) is 14.7 Å². The average Bonchev–Trinajstić information content (AvgIpc) is 2.72. The summed E-state index contributed by atoms with van der Waals surface area (Å²) in [5.41, 5.74) is 1.89. The predicted octanol–water partition coefficient (Wildman–Crippen LogP) is 2.82. The summed E-state index contributed by atoms with van der Waals surface area (Å²) in [7, 11) is 1.61. The van der Waals surface area contributed by atoms with Crippen LogP contribution in [0.3, 0.4) is 0 Å². The molecule has 0 bridgehead atoms. The fourth-order valence-electron chi connectivity index (χ4n) is 3.06. The number of urea groups is 1. The van der Waals surface area contributed by atoms with Crippen LogP contribution in [-0.2, 0) is 4.74 Å². The molecule has 28 heavy (non-hydrogen) atoms. The highest BCUT2D eigenvalue weighted by molar-refractivity contribution is 6.30. The van der Waals surface area contributed by atoms with Crippen molar-refractivity contribution in [1.29, 1.82) is 0 Å². The van der Waals surface area contributed by atoms with E-state index in [0.717, 1.165) is 17.1 Å². The second-order valence-electron chi connectivity index (χ2n) is 6.34. The number of benzene rings is 1. The Bertz CT molecular complexity index is 869. The summed E-state index contributed by atoms with van der Waals surface area (Å²) >= 11 is 6.02. The maximum Gasteiger partial charge on any atom is 0.324 e. The Morgan fingerprint density at radius 3 is 3.04 bits per heavy atom. The normalized spacial score (nSPS) is 15.6. The highest BCUT2D eigenvalue weighted by atomic mass is 35.5. The first-order valence-electron chi connectivity index (χ1n) is 9.08. The second-order valence-corrected chi connectivity index (χ2v) is 6.78. The molecule has 0 atom stereocenters. The number of halogens is 1. The van der Waals surface area contributed by atoms with Crippen LogP contribution in [0.5, 0.6) is 0 Å². The topological polar surface area (TPSA) is 48.4 Å². The van der Waals surface area contributed by atoms with Crippen molar-refractivity contribution in [2.75, 3.05) is 46.4 Å². The van der Waals surface area contributed by atoms with Gasteiger partial charge in [-0.25, -0.2) is 4.79 Å². The second kappa shape index (κ2) is 9.45. The maximum atomic E-state index is 12.7. The van der Waals surface area contributed by atoms with E-state index < -0.39 is 0 Å². The lowest BCUT2D eigenvalue weighted by Crippen LogP contribution is -2.53. The predicted molar refractivity (Wildman–Crippen MR) is 111 cm³/mol. The van der Waals surface area contributed by atoms with E-state index in [-0.39, 0.29) is 6.03 Å². The summed E-state index contributed by atoms with van der Waals surface area (Å²) in [6, 6.07) is 7.37. The first-order chi connectivity index (χ1) is 13.6. The minimum Gasteiger partial charge on any atom is -0.383 e. The fraction of sp³-hybridized carbons (Fsp3) is 0.333. The molecule has 1 aromatic carbocycles. The molecule has 1 fully saturated rings. The van der Waals surface area contributed by atoms with Crippen LogP contribution in [0, 0.1) is 11.8 Å². The van der Waals surface area contributed by atoms with Gasteiger partial charge in [-0.05, 0) is 30.2 Å². The van der Waals surface area contributed by atoms with Crippen molar-refractivity contribution >= 4 is 23.5 Å². The van der Waals surface area contributed by atoms with Gasteiger partial charge >= 0.3 is 6.03 Å². The number of piperazine rings is 1. The molecule has 146 valence electrons. The number of fused-ring (bicyclic) bond motifs is 1. The Labute approximate surface area is 170 Å². The molecule has 7 heteroatoms. The van der Waals surface area contributed by atoms with Gasteiger partial charge in [-0.3, -0.25) is 9.89 Å². The van der Waals surface area contributed by atoms with Crippen molar-refractivity contribution in [2.24, 2.45) is 4.99 Å². The van der Waals surface area contributed by atoms with Gasteiger partial charge < -0.3 is 14.5 Å². The van der Waals surface area contributed by atoms with Gasteiger partial charge in [0.25, 0.3) is 0 Å². The molecule has 0 unspecified atom stereocenters. The third kappa shape index (κ3) is 4.75. The molecule has 2 aliphatic rings. The minimum atomic E-state index is -0.0679. The summed E-state index contributed by atoms with van der Waals surface area (Å²) in [4.78, 5) is 22.7. The van der Waals surface area contributed by atoms with E-state index in [4.69, 9.17) is 16.3 Å². The molecular formula is C21H23ClN4O2. The Morgan fingerprint density at radius 1 is 1.43 bits per heavy atom. The van der Waals surface area contributed by atoms with E-state index in [1.54, 1.807) is 18.2 Å². The largest absolute Gasteiger partial charge is 0.383 e. The van der Waals surface area contributed by atoms with Crippen LogP contribution in [0.4, 0.5) is 4.79 Å². The Morgan fingerprint density at radius 2 is 2.29 bits per heavy atom. The molecule has 0 aliphatic carbocycles. The molecule has 2 heterocycles. The van der Waals surface area contributed by atoms with Crippen LogP contribution in [0.25, 0.3) is 0 Å². The van der Waals surface area contributed by atoms with E-state index in [1.165, 1.54) is 0 Å². The van der Waals surface area contributed by atoms with E-state index in [9.17, 15) is 4.79 Å². The first-order valence-corrected chi connectivity index (χ1v) is 9.46. The van der Waals surface area contributed by atoms with Gasteiger partial charge in [-0.1, -0.05) is 30.2 Å². The quantitative estimate of drug-likeness (QED) is 0.733. The highest BCUT2D eigenvalue weighted by Crippen LogP contribution is 2.19. The standard InChI is InChI=1S/C21H23ClN4O2/c1-3-24(13-14-28-2)21(27)25-11-12-26-19(16-25)9-10-23-20(26)8-7-17-5-4-6-18(22)15-17/h3-6,9,15H,1,10-14,16H2,2H3. The van der Waals surface area contributed by atoms with Crippen LogP contribution in [-0.4, -0.2) is 73.0 Å². The molecule has 6 nitrogen and oxygen atoms in total. The number of ether oxygens (including phenoxy) is 1. The number of methoxy groups -OCH3 is 1. The first kappa shape index (κ1) is 20.0. The van der Waals surface area contributed by atoms with Crippen molar-refractivity contribution in [3.05, 3.63) is 59.4 Å². The minimum absolute atomic E-state index is 0.0679. The van der Waals surface area contributed by atoms with Crippen LogP contribution >= 0.6 is 11.6 Å². The summed E-state index contributed by atoms with van der Waals surface area (Å²) in [5, 5.41) is 0.658. The summed E-state index contributed by atoms with van der Waals surface area (Å²) in [6.07, 6.45) is 3.59. The molecule has 0 radical (unpaired) electrons. The lowest BCUT2D eigenvalue weighted by Gasteiger charge is -2.40. The van der Waals surface area contributed by atoms with E-state index in [2.05, 4.69) is 28.3 Å². The number of amides is 2. The number of aliphatic imine (C=N–C) groups is 1. The molecule has 0 saturated carbocycles. The van der Waals surface area contributed by atoms with Gasteiger partial charge in [0.05, 0.1) is 26.2 Å². The molecule has 0 aromatic heterocycles. The number of amidine groups is 1. The smallest absolute Gasteiger partial charge is 0.324 e. The van der Waals surface area contributed by atoms with E-state index >= 15 is 0 Å². The summed E-state index contributed by atoms with van der Waals surface area (Å²) in [5.74, 6) is 7.00. The number of nitrogens with zero attached hydrogens (tertiary/aromatic N) is 4. The zero-order valence-corrected chi connectivity index (χ0v) is 16.7. The van der Waals surface area contributed by atoms with Crippen molar-refractivity contribution in [3.8, 4) is 11.8 Å². The van der Waals surface area contributed by atoms with Crippen LogP contribution in [0.2, 0.25) is 5.02 Å². The molecule has 1 saturated heterocycles. The number of hydrogen-bond acceptors (Lipinski definition) is 4. The van der Waals surface area contributed by atoms with E-state index in [0.29, 0.717) is 44.4 Å². The maximum absolute atomic E-state index is 12.7. The van der Waals surface area contributed by atoms with Gasteiger partial charge in [0, 0.05) is 42.7 Å². The van der Waals surface area contributed by atoms with Crippen LogP contribution < -0.4 is 0 Å². The van der Waals surface area contributed by atoms with Gasteiger partial charge in [0.15, 0.2) is 5.84 Å². The Kier molecular flexibility index (Phi) is 6.75. The lowest BCUT2D eigenvalue weighted by atomic mass is 10.2. The zero-order chi connectivity index (χ0) is 19.9. The monoisotopic (exact) mass is 398 g/mol. The Balaban J connectivity index is 1.67. The number of carbonyl (C=O) groups excluding carboxylic acids is 1. The lowest BCUT2D eigenvalue weighted by molar-refractivity contribution is 0.137. The SMILES string of the molecule is C=CN(CCOC)C(=O)N1CCN2C(=CCN=C2C#Cc2cccc(Cl)c2)C1. The third-order valence-electron chi connectivity index (χ3n) is 4.53. The summed E-state index contributed by atoms with van der Waals surface area (Å²) in [6.45, 7) is 7.00. The van der Waals surface area contributed by atoms with Crippen LogP contribution in [0.1, 0.15) is 5.56 Å². The molecule has 2 aliphatic heterocycles. The number of carbonyl (C=O) groups is 1. The van der Waals surface area contributed by atoms with Crippen molar-refractivity contribution in [2.45, 2.75) is 0 Å². The molecule has 2 amide bonds. The van der Waals surface area contributed by atoms with Gasteiger partial charge in [-0.2, -0.15) is 0 Å². The number of rotatable bonds is 4. The Hall–Kier alpha value is -2.75. The molecule has 1 aromatic rings. The van der Waals surface area contributed by atoms with Crippen LogP contribution in [0.15, 0.2) is 53.8 Å². The van der Waals surface area contributed by atoms with E-state index in [1.807, 2.05) is 35.2 Å². The molecular weight excluding hydrogens is 376 g/mol. The van der Waals surface area contributed by atoms with Crippen molar-refractivity contribution < 1.29 is 9.53 Å². The molecule has 0 N–H and O–H groups in total. The number of hydrogen-bond donors (Lipinski definition) is 0. The van der Waals surface area contributed by atoms with Gasteiger partial charge in [-0.15, -0.1) is 0 Å². The van der Waals surface area contributed by atoms with Crippen molar-refractivity contribution in [3.63, 3.8) is 0 Å². The van der Waals surface area contributed by atoms with Gasteiger partial charge in [0.1, 0.15) is 0 Å².